The number of piperidine rings is 1. The van der Waals surface area contributed by atoms with Crippen molar-refractivity contribution in [1.82, 2.24) is 14.2 Å². The summed E-state index contributed by atoms with van der Waals surface area (Å²) in [6, 6.07) is 7.47. The molecule has 1 amide bonds. The van der Waals surface area contributed by atoms with Crippen LogP contribution in [0.1, 0.15) is 47.1 Å². The van der Waals surface area contributed by atoms with Gasteiger partial charge in [-0.3, -0.25) is 4.79 Å². The lowest BCUT2D eigenvalue weighted by Gasteiger charge is -2.30. The van der Waals surface area contributed by atoms with Crippen LogP contribution in [0.5, 0.6) is 5.75 Å². The molecule has 3 rings (SSSR count). The number of nitrogens with zero attached hydrogens (tertiary/aromatic N) is 2. The Labute approximate surface area is 201 Å². The zero-order chi connectivity index (χ0) is 25.0. The first kappa shape index (κ1) is 25.8. The van der Waals surface area contributed by atoms with Gasteiger partial charge in [-0.05, 0) is 39.7 Å². The average Bonchev–Trinajstić information content (AvgIpc) is 3.07. The number of carbonyl (C=O) groups excluding carboxylic acids is 2. The average molecular weight is 492 g/mol. The van der Waals surface area contributed by atoms with E-state index < -0.39 is 16.0 Å². The second-order valence-corrected chi connectivity index (χ2v) is 10.2. The molecule has 2 aromatic rings. The van der Waals surface area contributed by atoms with Crippen LogP contribution in [0.15, 0.2) is 29.2 Å². The lowest BCUT2D eigenvalue weighted by atomic mass is 9.97. The van der Waals surface area contributed by atoms with Gasteiger partial charge < -0.3 is 19.4 Å². The lowest BCUT2D eigenvalue weighted by Crippen LogP contribution is -2.43. The summed E-state index contributed by atoms with van der Waals surface area (Å²) in [7, 11) is -0.628. The molecule has 186 valence electrons. The highest BCUT2D eigenvalue weighted by Gasteiger charge is 2.38. The summed E-state index contributed by atoms with van der Waals surface area (Å²) in [4.78, 5) is 25.3. The van der Waals surface area contributed by atoms with E-state index in [9.17, 15) is 18.0 Å². The zero-order valence-corrected chi connectivity index (χ0v) is 21.2. The molecule has 1 fully saturated rings. The van der Waals surface area contributed by atoms with E-state index >= 15 is 0 Å². The summed E-state index contributed by atoms with van der Waals surface area (Å²) in [5.74, 6) is -0.339. The Morgan fingerprint density at radius 2 is 1.76 bits per heavy atom. The topological polar surface area (TPSA) is 107 Å². The van der Waals surface area contributed by atoms with Crippen LogP contribution < -0.4 is 10.1 Å². The van der Waals surface area contributed by atoms with Crippen molar-refractivity contribution in [2.75, 3.05) is 26.8 Å². The Kier molecular flexibility index (Phi) is 8.04. The Morgan fingerprint density at radius 1 is 1.12 bits per heavy atom. The van der Waals surface area contributed by atoms with Crippen molar-refractivity contribution < 1.29 is 27.5 Å². The summed E-state index contributed by atoms with van der Waals surface area (Å²) in [6.07, 6.45) is 0.799. The number of esters is 1. The van der Waals surface area contributed by atoms with Gasteiger partial charge in [0.25, 0.3) is 0 Å². The van der Waals surface area contributed by atoms with Gasteiger partial charge >= 0.3 is 5.97 Å². The number of rotatable bonds is 8. The van der Waals surface area contributed by atoms with Crippen LogP contribution in [0.3, 0.4) is 0 Å². The maximum absolute atomic E-state index is 13.6. The summed E-state index contributed by atoms with van der Waals surface area (Å²) in [6.45, 7) is 5.96. The number of benzene rings is 1. The number of sulfonamides is 1. The molecule has 34 heavy (non-hydrogen) atoms. The fourth-order valence-corrected chi connectivity index (χ4v) is 6.29. The fourth-order valence-electron chi connectivity index (χ4n) is 4.34. The molecule has 10 heteroatoms. The zero-order valence-electron chi connectivity index (χ0n) is 20.4. The number of amides is 1. The van der Waals surface area contributed by atoms with Crippen LogP contribution in [0.4, 0.5) is 0 Å². The van der Waals surface area contributed by atoms with E-state index in [2.05, 4.69) is 5.32 Å². The summed E-state index contributed by atoms with van der Waals surface area (Å²) >= 11 is 0. The highest BCUT2D eigenvalue weighted by Crippen LogP contribution is 2.32. The fraction of sp³-hybridized carbons (Fsp3) is 0.500. The van der Waals surface area contributed by atoms with Crippen LogP contribution >= 0.6 is 0 Å². The van der Waals surface area contributed by atoms with E-state index in [4.69, 9.17) is 9.47 Å². The van der Waals surface area contributed by atoms with Gasteiger partial charge in [-0.1, -0.05) is 18.2 Å². The highest BCUT2D eigenvalue weighted by atomic mass is 32.2. The second-order valence-electron chi connectivity index (χ2n) is 8.36. The third kappa shape index (κ3) is 4.97. The van der Waals surface area contributed by atoms with Crippen molar-refractivity contribution >= 4 is 21.9 Å². The van der Waals surface area contributed by atoms with E-state index in [1.807, 2.05) is 24.3 Å². The Hall–Kier alpha value is -2.85. The van der Waals surface area contributed by atoms with Crippen LogP contribution in [-0.2, 0) is 33.1 Å². The second kappa shape index (κ2) is 10.6. The molecule has 1 N–H and O–H groups in total. The van der Waals surface area contributed by atoms with Crippen LogP contribution in [0, 0.1) is 19.8 Å². The number of hydrogen-bond acceptors (Lipinski definition) is 6. The van der Waals surface area contributed by atoms with Gasteiger partial charge in [0.1, 0.15) is 16.2 Å². The third-order valence-corrected chi connectivity index (χ3v) is 8.53. The largest absolute Gasteiger partial charge is 0.496 e. The van der Waals surface area contributed by atoms with E-state index in [1.54, 1.807) is 39.5 Å². The minimum atomic E-state index is -3.94. The first-order valence-electron chi connectivity index (χ1n) is 11.4. The lowest BCUT2D eigenvalue weighted by molar-refractivity contribution is -0.126. The Morgan fingerprint density at radius 3 is 2.38 bits per heavy atom. The molecule has 0 spiro atoms. The van der Waals surface area contributed by atoms with Crippen molar-refractivity contribution in [3.63, 3.8) is 0 Å². The van der Waals surface area contributed by atoms with Crippen molar-refractivity contribution in [1.29, 1.82) is 0 Å². The summed E-state index contributed by atoms with van der Waals surface area (Å²) in [5, 5.41) is 2.94. The van der Waals surface area contributed by atoms with Crippen LogP contribution in [0.25, 0.3) is 0 Å². The molecule has 0 radical (unpaired) electrons. The van der Waals surface area contributed by atoms with Gasteiger partial charge in [0.05, 0.1) is 13.7 Å². The minimum Gasteiger partial charge on any atom is -0.496 e. The molecule has 0 saturated carbocycles. The molecule has 1 aliphatic rings. The van der Waals surface area contributed by atoms with Crippen LogP contribution in [-0.4, -0.2) is 56.0 Å². The number of carbonyl (C=O) groups is 2. The van der Waals surface area contributed by atoms with Gasteiger partial charge in [0.2, 0.25) is 15.9 Å². The number of hydrogen-bond donors (Lipinski definition) is 1. The number of aromatic nitrogens is 1. The number of ether oxygens (including phenoxy) is 2. The number of para-hydroxylation sites is 1. The van der Waals surface area contributed by atoms with Crippen molar-refractivity contribution in [3.8, 4) is 5.75 Å². The molecule has 2 heterocycles. The normalized spacial score (nSPS) is 15.2. The maximum Gasteiger partial charge on any atom is 0.341 e. The number of nitrogens with one attached hydrogen (secondary N) is 1. The van der Waals surface area contributed by atoms with Gasteiger partial charge in [-0.15, -0.1) is 0 Å². The quantitative estimate of drug-likeness (QED) is 0.569. The SMILES string of the molecule is CCOC(=O)c1c(S(=O)(=O)N2CCC(C(=O)NCc3ccccc3OC)CC2)c(C)n(C)c1C. The van der Waals surface area contributed by atoms with Crippen molar-refractivity contribution in [2.45, 2.75) is 45.1 Å². The molecule has 9 nitrogen and oxygen atoms in total. The maximum atomic E-state index is 13.6. The number of methoxy groups -OCH3 is 1. The monoisotopic (exact) mass is 491 g/mol. The van der Waals surface area contributed by atoms with E-state index in [0.29, 0.717) is 36.5 Å². The third-order valence-electron chi connectivity index (χ3n) is 6.47. The molecule has 1 aliphatic heterocycles. The molecule has 1 saturated heterocycles. The molecule has 0 bridgehead atoms. The molecule has 1 aromatic heterocycles. The van der Waals surface area contributed by atoms with Gasteiger partial charge in [0.15, 0.2) is 0 Å². The Balaban J connectivity index is 1.71. The van der Waals surface area contributed by atoms with Crippen molar-refractivity contribution in [2.24, 2.45) is 13.0 Å². The van der Waals surface area contributed by atoms with E-state index in [0.717, 1.165) is 5.56 Å². The van der Waals surface area contributed by atoms with Gasteiger partial charge in [0, 0.05) is 49.6 Å². The summed E-state index contributed by atoms with van der Waals surface area (Å²) in [5.41, 5.74) is 1.98. The van der Waals surface area contributed by atoms with Crippen LogP contribution in [0.2, 0.25) is 0 Å². The molecule has 0 unspecified atom stereocenters. The van der Waals surface area contributed by atoms with Gasteiger partial charge in [-0.25, -0.2) is 13.2 Å². The Bertz CT molecular complexity index is 1160. The molecular weight excluding hydrogens is 458 g/mol. The predicted octanol–water partition coefficient (Wildman–Crippen LogP) is 2.54. The molecule has 0 aliphatic carbocycles. The minimum absolute atomic E-state index is 0.00924. The van der Waals surface area contributed by atoms with Gasteiger partial charge in [-0.2, -0.15) is 4.31 Å². The highest BCUT2D eigenvalue weighted by molar-refractivity contribution is 7.89. The standard InChI is InChI=1S/C24H33N3O6S/c1-6-33-24(29)21-16(2)26(4)17(3)22(21)34(30,31)27-13-11-18(12-14-27)23(28)25-15-19-9-7-8-10-20(19)32-5/h7-10,18H,6,11-15H2,1-5H3,(H,25,28). The molecule has 1 aromatic carbocycles. The van der Waals surface area contributed by atoms with E-state index in [1.165, 1.54) is 4.31 Å². The molecule has 0 atom stereocenters. The summed E-state index contributed by atoms with van der Waals surface area (Å²) < 4.78 is 40.6. The first-order valence-corrected chi connectivity index (χ1v) is 12.8. The predicted molar refractivity (Wildman–Crippen MR) is 127 cm³/mol. The molecular formula is C24H33N3O6S. The van der Waals surface area contributed by atoms with E-state index in [-0.39, 0.29) is 42.0 Å². The first-order chi connectivity index (χ1) is 16.1. The smallest absolute Gasteiger partial charge is 0.341 e. The van der Waals surface area contributed by atoms with Crippen molar-refractivity contribution in [3.05, 3.63) is 46.8 Å².